The third-order valence-electron chi connectivity index (χ3n) is 3.35. The van der Waals surface area contributed by atoms with Gasteiger partial charge in [0.25, 0.3) is 0 Å². The number of piperazine rings is 1. The molecule has 1 fully saturated rings. The summed E-state index contributed by atoms with van der Waals surface area (Å²) in [5.74, 6) is -0.557. The molecule has 0 amide bonds. The first kappa shape index (κ1) is 13.9. The lowest BCUT2D eigenvalue weighted by Gasteiger charge is -2.44. The van der Waals surface area contributed by atoms with Gasteiger partial charge < -0.3 is 15.1 Å². The van der Waals surface area contributed by atoms with Crippen molar-refractivity contribution in [2.75, 3.05) is 39.8 Å². The van der Waals surface area contributed by atoms with Gasteiger partial charge in [0.2, 0.25) is 0 Å². The summed E-state index contributed by atoms with van der Waals surface area (Å²) in [5.41, 5.74) is 5.99. The molecule has 1 unspecified atom stereocenters. The lowest BCUT2D eigenvalue weighted by Crippen LogP contribution is -2.64. The number of nitrogens with two attached hydrogens (primary N) is 1. The summed E-state index contributed by atoms with van der Waals surface area (Å²) in [6, 6.07) is 0. The molecule has 0 spiro atoms. The van der Waals surface area contributed by atoms with Gasteiger partial charge >= 0.3 is 0 Å². The Kier molecular flexibility index (Phi) is 5.14. The summed E-state index contributed by atoms with van der Waals surface area (Å²) in [7, 11) is 2.06. The van der Waals surface area contributed by atoms with Gasteiger partial charge in [-0.05, 0) is 19.9 Å². The van der Waals surface area contributed by atoms with E-state index in [2.05, 4.69) is 11.9 Å². The Labute approximate surface area is 97.8 Å². The van der Waals surface area contributed by atoms with Crippen molar-refractivity contribution in [1.29, 1.82) is 0 Å². The van der Waals surface area contributed by atoms with Crippen LogP contribution in [0.15, 0.2) is 0 Å². The van der Waals surface area contributed by atoms with Crippen molar-refractivity contribution >= 4 is 0 Å². The minimum atomic E-state index is -1.36. The zero-order valence-corrected chi connectivity index (χ0v) is 10.3. The van der Waals surface area contributed by atoms with Crippen LogP contribution >= 0.6 is 0 Å². The minimum Gasteiger partial charge on any atom is -0.396 e. The fourth-order valence-corrected chi connectivity index (χ4v) is 2.13. The van der Waals surface area contributed by atoms with Crippen molar-refractivity contribution in [1.82, 2.24) is 9.80 Å². The highest BCUT2D eigenvalue weighted by Gasteiger charge is 2.38. The molecule has 1 aliphatic heterocycles. The van der Waals surface area contributed by atoms with E-state index < -0.39 is 5.85 Å². The summed E-state index contributed by atoms with van der Waals surface area (Å²) in [6.07, 6.45) is 1.16. The Morgan fingerprint density at radius 3 is 2.31 bits per heavy atom. The third kappa shape index (κ3) is 3.15. The maximum Gasteiger partial charge on any atom is 0.178 e. The molecule has 95 valence electrons. The van der Waals surface area contributed by atoms with Crippen LogP contribution in [0.5, 0.6) is 0 Å². The molecule has 0 aromatic rings. The standard InChI is InChI=1S/C11H24N3O2/c1-3-10(4-9-15)11(12,16)14-7-5-13(2)6-8-14/h15-16H,3-9,12H2,1-2H3. The second-order valence-electron chi connectivity index (χ2n) is 4.45. The lowest BCUT2D eigenvalue weighted by atomic mass is 9.95. The monoisotopic (exact) mass is 230 g/mol. The molecule has 1 radical (unpaired) electrons. The van der Waals surface area contributed by atoms with Crippen LogP contribution in [0.2, 0.25) is 0 Å². The van der Waals surface area contributed by atoms with E-state index in [4.69, 9.17) is 10.8 Å². The van der Waals surface area contributed by atoms with Crippen LogP contribution in [0, 0.1) is 5.92 Å². The quantitative estimate of drug-likeness (QED) is 0.540. The van der Waals surface area contributed by atoms with Gasteiger partial charge in [-0.25, -0.2) is 0 Å². The number of likely N-dealkylation sites (N-methyl/N-ethyl adjacent to an activating group) is 1. The summed E-state index contributed by atoms with van der Waals surface area (Å²) in [6.45, 7) is 5.34. The summed E-state index contributed by atoms with van der Waals surface area (Å²) >= 11 is 0. The SMILES string of the molecule is CC[C](CCO)C(N)(O)N1CCN(C)CC1. The summed E-state index contributed by atoms with van der Waals surface area (Å²) in [5, 5.41) is 19.3. The predicted octanol–water partition coefficient (Wildman–Crippen LogP) is -0.795. The zero-order chi connectivity index (χ0) is 12.2. The first-order valence-electron chi connectivity index (χ1n) is 5.93. The zero-order valence-electron chi connectivity index (χ0n) is 10.3. The smallest absolute Gasteiger partial charge is 0.178 e. The van der Waals surface area contributed by atoms with Crippen LogP contribution in [-0.2, 0) is 0 Å². The number of aliphatic hydroxyl groups excluding tert-OH is 1. The van der Waals surface area contributed by atoms with Gasteiger partial charge in [-0.2, -0.15) is 0 Å². The molecule has 5 heteroatoms. The largest absolute Gasteiger partial charge is 0.396 e. The topological polar surface area (TPSA) is 73.0 Å². The highest BCUT2D eigenvalue weighted by Crippen LogP contribution is 2.26. The van der Waals surface area contributed by atoms with E-state index >= 15 is 0 Å². The molecule has 1 heterocycles. The van der Waals surface area contributed by atoms with Crippen molar-refractivity contribution in [2.45, 2.75) is 25.6 Å². The fourth-order valence-electron chi connectivity index (χ4n) is 2.13. The van der Waals surface area contributed by atoms with Gasteiger partial charge in [0.05, 0.1) is 0 Å². The van der Waals surface area contributed by atoms with Gasteiger partial charge in [0.1, 0.15) is 0 Å². The minimum absolute atomic E-state index is 0.0381. The summed E-state index contributed by atoms with van der Waals surface area (Å²) in [4.78, 5) is 4.10. The number of hydrogen-bond acceptors (Lipinski definition) is 5. The fraction of sp³-hybridized carbons (Fsp3) is 0.909. The van der Waals surface area contributed by atoms with Crippen molar-refractivity contribution < 1.29 is 10.2 Å². The van der Waals surface area contributed by atoms with Crippen LogP contribution in [0.1, 0.15) is 19.8 Å². The molecule has 0 aromatic carbocycles. The van der Waals surface area contributed by atoms with E-state index in [9.17, 15) is 5.11 Å². The van der Waals surface area contributed by atoms with E-state index in [1.54, 1.807) is 0 Å². The first-order chi connectivity index (χ1) is 7.52. The molecule has 5 nitrogen and oxygen atoms in total. The number of rotatable bonds is 5. The van der Waals surface area contributed by atoms with Gasteiger partial charge in [0, 0.05) is 38.7 Å². The van der Waals surface area contributed by atoms with E-state index in [1.807, 2.05) is 11.8 Å². The Morgan fingerprint density at radius 1 is 1.31 bits per heavy atom. The molecule has 1 rings (SSSR count). The van der Waals surface area contributed by atoms with E-state index in [0.717, 1.165) is 32.1 Å². The van der Waals surface area contributed by atoms with Crippen LogP contribution in [0.3, 0.4) is 0 Å². The van der Waals surface area contributed by atoms with Gasteiger partial charge in [-0.1, -0.05) is 6.92 Å². The first-order valence-corrected chi connectivity index (χ1v) is 5.93. The van der Waals surface area contributed by atoms with Gasteiger partial charge in [0.15, 0.2) is 5.85 Å². The summed E-state index contributed by atoms with van der Waals surface area (Å²) < 4.78 is 0. The van der Waals surface area contributed by atoms with Crippen molar-refractivity contribution in [3.63, 3.8) is 0 Å². The normalized spacial score (nSPS) is 23.6. The lowest BCUT2D eigenvalue weighted by molar-refractivity contribution is -0.111. The van der Waals surface area contributed by atoms with Crippen LogP contribution in [0.4, 0.5) is 0 Å². The predicted molar refractivity (Wildman–Crippen MR) is 63.4 cm³/mol. The number of aliphatic hydroxyl groups is 2. The molecule has 16 heavy (non-hydrogen) atoms. The maximum absolute atomic E-state index is 10.4. The Bertz CT molecular complexity index is 203. The van der Waals surface area contributed by atoms with Crippen LogP contribution in [0.25, 0.3) is 0 Å². The average Bonchev–Trinajstić information content (AvgIpc) is 2.26. The highest BCUT2D eigenvalue weighted by atomic mass is 16.3. The highest BCUT2D eigenvalue weighted by molar-refractivity contribution is 5.04. The molecule has 1 saturated heterocycles. The van der Waals surface area contributed by atoms with Gasteiger partial charge in [-0.3, -0.25) is 10.6 Å². The number of nitrogens with zero attached hydrogens (tertiary/aromatic N) is 2. The molecule has 0 aliphatic carbocycles. The third-order valence-corrected chi connectivity index (χ3v) is 3.35. The second-order valence-corrected chi connectivity index (χ2v) is 4.45. The number of hydrogen-bond donors (Lipinski definition) is 3. The Hall–Kier alpha value is -0.200. The Balaban J connectivity index is 2.60. The molecule has 0 aromatic heterocycles. The van der Waals surface area contributed by atoms with Crippen LogP contribution < -0.4 is 5.73 Å². The molecule has 1 aliphatic rings. The van der Waals surface area contributed by atoms with Crippen molar-refractivity contribution in [2.24, 2.45) is 5.73 Å². The second kappa shape index (κ2) is 5.93. The average molecular weight is 230 g/mol. The van der Waals surface area contributed by atoms with Crippen molar-refractivity contribution in [3.8, 4) is 0 Å². The molecule has 4 N–H and O–H groups in total. The molecule has 0 saturated carbocycles. The molecular weight excluding hydrogens is 206 g/mol. The van der Waals surface area contributed by atoms with Crippen molar-refractivity contribution in [3.05, 3.63) is 5.92 Å². The molecule has 1 atom stereocenters. The molecule has 0 bridgehead atoms. The maximum atomic E-state index is 10.4. The van der Waals surface area contributed by atoms with Crippen LogP contribution in [-0.4, -0.2) is 65.7 Å². The van der Waals surface area contributed by atoms with Gasteiger partial charge in [-0.15, -0.1) is 0 Å². The Morgan fingerprint density at radius 2 is 1.88 bits per heavy atom. The van der Waals surface area contributed by atoms with E-state index in [-0.39, 0.29) is 6.61 Å². The van der Waals surface area contributed by atoms with E-state index in [1.165, 1.54) is 0 Å². The molecular formula is C11H24N3O2. The van der Waals surface area contributed by atoms with E-state index in [0.29, 0.717) is 12.8 Å².